The normalized spacial score (nSPS) is 18.8. The van der Waals surface area contributed by atoms with E-state index in [1.54, 1.807) is 17.0 Å². The first kappa shape index (κ1) is 13.8. The quantitative estimate of drug-likeness (QED) is 0.850. The van der Waals surface area contributed by atoms with Gasteiger partial charge in [0.25, 0.3) is 5.91 Å². The van der Waals surface area contributed by atoms with Gasteiger partial charge in [0.2, 0.25) is 0 Å². The molecule has 1 saturated heterocycles. The number of hydrogen-bond acceptors (Lipinski definition) is 2. The van der Waals surface area contributed by atoms with E-state index in [4.69, 9.17) is 4.74 Å². The van der Waals surface area contributed by atoms with Crippen molar-refractivity contribution in [2.24, 2.45) is 7.05 Å². The van der Waals surface area contributed by atoms with Crippen LogP contribution >= 0.6 is 0 Å². The van der Waals surface area contributed by atoms with E-state index < -0.39 is 5.82 Å². The van der Waals surface area contributed by atoms with Gasteiger partial charge in [0.1, 0.15) is 5.82 Å². The first-order chi connectivity index (χ1) is 10.2. The number of nitrogens with zero attached hydrogens (tertiary/aromatic N) is 2. The largest absolute Gasteiger partial charge is 0.377 e. The number of halogens is 1. The number of hydrogen-bond donors (Lipinski definition) is 0. The standard InChI is InChI=1S/C16H17FN2O2/c1-18-7-3-6-14(18)15-11-21-9-8-19(15)16(20)12-4-2-5-13(17)10-12/h2-7,10,15H,8-9,11H2,1H3/t15-/m0/s1. The molecule has 1 aliphatic heterocycles. The second-order valence-electron chi connectivity index (χ2n) is 5.14. The molecule has 1 amide bonds. The molecule has 2 aromatic rings. The van der Waals surface area contributed by atoms with E-state index in [0.717, 1.165) is 5.69 Å². The van der Waals surface area contributed by atoms with Crippen molar-refractivity contribution >= 4 is 5.91 Å². The number of aryl methyl sites for hydroxylation is 1. The van der Waals surface area contributed by atoms with Crippen molar-refractivity contribution in [1.29, 1.82) is 0 Å². The van der Waals surface area contributed by atoms with Crippen LogP contribution in [-0.2, 0) is 11.8 Å². The Morgan fingerprint density at radius 2 is 2.19 bits per heavy atom. The minimum Gasteiger partial charge on any atom is -0.377 e. The third-order valence-corrected chi connectivity index (χ3v) is 3.79. The number of carbonyl (C=O) groups is 1. The van der Waals surface area contributed by atoms with Gasteiger partial charge >= 0.3 is 0 Å². The molecule has 21 heavy (non-hydrogen) atoms. The fourth-order valence-electron chi connectivity index (χ4n) is 2.70. The molecule has 3 rings (SSSR count). The molecule has 0 bridgehead atoms. The van der Waals surface area contributed by atoms with Crippen LogP contribution in [0.2, 0.25) is 0 Å². The summed E-state index contributed by atoms with van der Waals surface area (Å²) in [4.78, 5) is 14.4. The number of ether oxygens (including phenoxy) is 1. The minimum absolute atomic E-state index is 0.144. The SMILES string of the molecule is Cn1cccc1[C@@H]1COCCN1C(=O)c1cccc(F)c1. The van der Waals surface area contributed by atoms with E-state index >= 15 is 0 Å². The number of rotatable bonds is 2. The molecule has 2 heterocycles. The smallest absolute Gasteiger partial charge is 0.254 e. The second kappa shape index (κ2) is 5.69. The molecule has 4 nitrogen and oxygen atoms in total. The third-order valence-electron chi connectivity index (χ3n) is 3.79. The molecular formula is C16H17FN2O2. The van der Waals surface area contributed by atoms with Gasteiger partial charge in [-0.2, -0.15) is 0 Å². The maximum Gasteiger partial charge on any atom is 0.254 e. The topological polar surface area (TPSA) is 34.5 Å². The van der Waals surface area contributed by atoms with E-state index in [2.05, 4.69) is 0 Å². The lowest BCUT2D eigenvalue weighted by atomic mass is 10.1. The average Bonchev–Trinajstić information content (AvgIpc) is 2.92. The molecule has 0 aliphatic carbocycles. The van der Waals surface area contributed by atoms with Crippen molar-refractivity contribution in [2.45, 2.75) is 6.04 Å². The number of carbonyl (C=O) groups excluding carboxylic acids is 1. The third kappa shape index (κ3) is 2.69. The molecule has 1 aromatic heterocycles. The summed E-state index contributed by atoms with van der Waals surface area (Å²) in [6.45, 7) is 1.46. The van der Waals surface area contributed by atoms with Gasteiger partial charge in [0, 0.05) is 31.0 Å². The van der Waals surface area contributed by atoms with Crippen LogP contribution in [0.15, 0.2) is 42.6 Å². The first-order valence-electron chi connectivity index (χ1n) is 6.92. The summed E-state index contributed by atoms with van der Waals surface area (Å²) in [7, 11) is 1.94. The molecule has 0 N–H and O–H groups in total. The van der Waals surface area contributed by atoms with Crippen LogP contribution in [0.3, 0.4) is 0 Å². The lowest BCUT2D eigenvalue weighted by Crippen LogP contribution is -2.44. The Morgan fingerprint density at radius 3 is 2.90 bits per heavy atom. The Morgan fingerprint density at radius 1 is 1.33 bits per heavy atom. The Bertz CT molecular complexity index is 653. The van der Waals surface area contributed by atoms with Crippen molar-refractivity contribution in [2.75, 3.05) is 19.8 Å². The number of benzene rings is 1. The van der Waals surface area contributed by atoms with Gasteiger partial charge in [-0.05, 0) is 30.3 Å². The lowest BCUT2D eigenvalue weighted by Gasteiger charge is -2.36. The van der Waals surface area contributed by atoms with Crippen molar-refractivity contribution in [3.63, 3.8) is 0 Å². The highest BCUT2D eigenvalue weighted by Gasteiger charge is 2.30. The summed E-state index contributed by atoms with van der Waals surface area (Å²) in [5, 5.41) is 0. The molecule has 1 aliphatic rings. The van der Waals surface area contributed by atoms with Gasteiger partial charge in [-0.3, -0.25) is 4.79 Å². The van der Waals surface area contributed by atoms with Crippen molar-refractivity contribution < 1.29 is 13.9 Å². The predicted molar refractivity (Wildman–Crippen MR) is 76.4 cm³/mol. The van der Waals surface area contributed by atoms with Gasteiger partial charge in [-0.15, -0.1) is 0 Å². The van der Waals surface area contributed by atoms with E-state index in [1.165, 1.54) is 12.1 Å². The monoisotopic (exact) mass is 288 g/mol. The molecule has 110 valence electrons. The zero-order valence-corrected chi connectivity index (χ0v) is 11.8. The molecule has 0 radical (unpaired) electrons. The number of amides is 1. The molecule has 0 spiro atoms. The van der Waals surface area contributed by atoms with Crippen LogP contribution in [0.1, 0.15) is 22.1 Å². The van der Waals surface area contributed by atoms with Gasteiger partial charge in [0.05, 0.1) is 19.3 Å². The van der Waals surface area contributed by atoms with Crippen LogP contribution in [0.25, 0.3) is 0 Å². The van der Waals surface area contributed by atoms with Gasteiger partial charge < -0.3 is 14.2 Å². The Labute approximate surface area is 122 Å². The maximum atomic E-state index is 13.3. The highest BCUT2D eigenvalue weighted by atomic mass is 19.1. The fraction of sp³-hybridized carbons (Fsp3) is 0.312. The molecule has 1 aromatic carbocycles. The van der Waals surface area contributed by atoms with E-state index in [1.807, 2.05) is 29.9 Å². The van der Waals surface area contributed by atoms with E-state index in [-0.39, 0.29) is 11.9 Å². The first-order valence-corrected chi connectivity index (χ1v) is 6.92. The minimum atomic E-state index is -0.399. The number of morpholine rings is 1. The Balaban J connectivity index is 1.91. The average molecular weight is 288 g/mol. The van der Waals surface area contributed by atoms with Crippen molar-refractivity contribution in [3.8, 4) is 0 Å². The molecule has 5 heteroatoms. The van der Waals surface area contributed by atoms with Crippen LogP contribution in [-0.4, -0.2) is 35.1 Å². The zero-order valence-electron chi connectivity index (χ0n) is 11.8. The summed E-state index contributed by atoms with van der Waals surface area (Å²) in [5.74, 6) is -0.562. The van der Waals surface area contributed by atoms with Crippen LogP contribution in [0.5, 0.6) is 0 Å². The molecular weight excluding hydrogens is 271 g/mol. The summed E-state index contributed by atoms with van der Waals surface area (Å²) < 4.78 is 20.8. The number of aromatic nitrogens is 1. The highest BCUT2D eigenvalue weighted by molar-refractivity contribution is 5.94. The van der Waals surface area contributed by atoms with Crippen LogP contribution in [0.4, 0.5) is 4.39 Å². The predicted octanol–water partition coefficient (Wildman–Crippen LogP) is 2.38. The second-order valence-corrected chi connectivity index (χ2v) is 5.14. The highest BCUT2D eigenvalue weighted by Crippen LogP contribution is 2.26. The van der Waals surface area contributed by atoms with E-state index in [0.29, 0.717) is 25.3 Å². The molecule has 0 saturated carbocycles. The molecule has 0 unspecified atom stereocenters. The zero-order chi connectivity index (χ0) is 14.8. The van der Waals surface area contributed by atoms with Crippen molar-refractivity contribution in [1.82, 2.24) is 9.47 Å². The van der Waals surface area contributed by atoms with Crippen LogP contribution < -0.4 is 0 Å². The maximum absolute atomic E-state index is 13.3. The van der Waals surface area contributed by atoms with Gasteiger partial charge in [-0.25, -0.2) is 4.39 Å². The Kier molecular flexibility index (Phi) is 3.75. The lowest BCUT2D eigenvalue weighted by molar-refractivity contribution is -0.00465. The van der Waals surface area contributed by atoms with Crippen LogP contribution in [0, 0.1) is 5.82 Å². The summed E-state index contributed by atoms with van der Waals surface area (Å²) in [5.41, 5.74) is 1.38. The fourth-order valence-corrected chi connectivity index (χ4v) is 2.70. The van der Waals surface area contributed by atoms with Gasteiger partial charge in [0.15, 0.2) is 0 Å². The molecule has 1 fully saturated rings. The van der Waals surface area contributed by atoms with E-state index in [9.17, 15) is 9.18 Å². The summed E-state index contributed by atoms with van der Waals surface area (Å²) in [6.07, 6.45) is 1.94. The Hall–Kier alpha value is -2.14. The van der Waals surface area contributed by atoms with Crippen molar-refractivity contribution in [3.05, 3.63) is 59.7 Å². The summed E-state index contributed by atoms with van der Waals surface area (Å²) >= 11 is 0. The molecule has 1 atom stereocenters. The van der Waals surface area contributed by atoms with Gasteiger partial charge in [-0.1, -0.05) is 6.07 Å². The summed E-state index contributed by atoms with van der Waals surface area (Å²) in [6, 6.07) is 9.59.